The lowest BCUT2D eigenvalue weighted by Crippen LogP contribution is -1.87. The topological polar surface area (TPSA) is 75.8 Å². The van der Waals surface area contributed by atoms with Crippen LogP contribution in [-0.2, 0) is 0 Å². The zero-order valence-electron chi connectivity index (χ0n) is 8.19. The van der Waals surface area contributed by atoms with Gasteiger partial charge in [-0.05, 0) is 13.0 Å². The van der Waals surface area contributed by atoms with Crippen molar-refractivity contribution in [3.63, 3.8) is 0 Å². The summed E-state index contributed by atoms with van der Waals surface area (Å²) in [7, 11) is 0. The van der Waals surface area contributed by atoms with Crippen molar-refractivity contribution in [2.75, 3.05) is 5.73 Å². The van der Waals surface area contributed by atoms with E-state index in [2.05, 4.69) is 11.2 Å². The van der Waals surface area contributed by atoms with Crippen LogP contribution in [0.25, 0.3) is 11.3 Å². The molecule has 1 heterocycles. The number of nitrogen functional groups attached to an aromatic ring is 1. The third-order valence-electron chi connectivity index (χ3n) is 2.26. The van der Waals surface area contributed by atoms with E-state index in [1.807, 2.05) is 19.1 Å². The zero-order valence-corrected chi connectivity index (χ0v) is 8.19. The number of hydrogen-bond acceptors (Lipinski definition) is 4. The molecule has 0 bridgehead atoms. The molecule has 0 fully saturated rings. The predicted molar refractivity (Wildman–Crippen MR) is 55.8 cm³/mol. The average Bonchev–Trinajstić information content (AvgIpc) is 2.60. The Labute approximate surface area is 86.9 Å². The maximum absolute atomic E-state index is 8.94. The van der Waals surface area contributed by atoms with Crippen LogP contribution >= 0.6 is 0 Å². The van der Waals surface area contributed by atoms with Gasteiger partial charge in [0.2, 0.25) is 5.88 Å². The largest absolute Gasteiger partial charge is 0.367 e. The third kappa shape index (κ3) is 1.44. The molecule has 0 spiro atoms. The first kappa shape index (κ1) is 9.28. The van der Waals surface area contributed by atoms with Gasteiger partial charge in [0.25, 0.3) is 0 Å². The highest BCUT2D eigenvalue weighted by Gasteiger charge is 2.13. The van der Waals surface area contributed by atoms with Crippen molar-refractivity contribution in [3.8, 4) is 17.3 Å². The first-order chi connectivity index (χ1) is 7.24. The molecule has 4 heteroatoms. The molecule has 0 amide bonds. The highest BCUT2D eigenvalue weighted by Crippen LogP contribution is 2.28. The van der Waals surface area contributed by atoms with Gasteiger partial charge in [0.15, 0.2) is 0 Å². The Morgan fingerprint density at radius 3 is 2.73 bits per heavy atom. The second-order valence-corrected chi connectivity index (χ2v) is 3.18. The summed E-state index contributed by atoms with van der Waals surface area (Å²) in [6, 6.07) is 9.32. The summed E-state index contributed by atoms with van der Waals surface area (Å²) in [6.45, 7) is 1.81. The first-order valence-electron chi connectivity index (χ1n) is 4.45. The van der Waals surface area contributed by atoms with Gasteiger partial charge in [0.05, 0.1) is 11.6 Å². The predicted octanol–water partition coefficient (Wildman–Crippen LogP) is 2.10. The molecule has 1 aromatic heterocycles. The van der Waals surface area contributed by atoms with Crippen LogP contribution in [0.2, 0.25) is 0 Å². The monoisotopic (exact) mass is 199 g/mol. The van der Waals surface area contributed by atoms with Gasteiger partial charge in [-0.1, -0.05) is 23.4 Å². The first-order valence-corrected chi connectivity index (χ1v) is 4.45. The summed E-state index contributed by atoms with van der Waals surface area (Å²) in [6.07, 6.45) is 0. The van der Waals surface area contributed by atoms with E-state index in [-0.39, 0.29) is 5.88 Å². The Kier molecular flexibility index (Phi) is 2.14. The van der Waals surface area contributed by atoms with Crippen molar-refractivity contribution in [2.45, 2.75) is 6.92 Å². The van der Waals surface area contributed by atoms with E-state index in [1.165, 1.54) is 0 Å². The molecule has 0 aliphatic carbocycles. The summed E-state index contributed by atoms with van der Waals surface area (Å²) in [5.74, 6) is 0.290. The van der Waals surface area contributed by atoms with E-state index in [1.54, 1.807) is 12.1 Å². The van der Waals surface area contributed by atoms with Crippen LogP contribution in [0.5, 0.6) is 0 Å². The number of nitriles is 1. The second-order valence-electron chi connectivity index (χ2n) is 3.18. The summed E-state index contributed by atoms with van der Waals surface area (Å²) in [5.41, 5.74) is 8.26. The number of rotatable bonds is 1. The number of hydrogen-bond donors (Lipinski definition) is 1. The summed E-state index contributed by atoms with van der Waals surface area (Å²) in [4.78, 5) is 0. The lowest BCUT2D eigenvalue weighted by atomic mass is 10.0. The van der Waals surface area contributed by atoms with Gasteiger partial charge in [-0.2, -0.15) is 5.26 Å². The maximum atomic E-state index is 8.94. The number of nitrogens with two attached hydrogens (primary N) is 1. The summed E-state index contributed by atoms with van der Waals surface area (Å²) >= 11 is 0. The Balaban J connectivity index is 2.65. The molecule has 2 aromatic rings. The zero-order chi connectivity index (χ0) is 10.8. The van der Waals surface area contributed by atoms with Gasteiger partial charge in [-0.3, -0.25) is 0 Å². The van der Waals surface area contributed by atoms with E-state index in [0.717, 1.165) is 11.1 Å². The third-order valence-corrected chi connectivity index (χ3v) is 2.26. The quantitative estimate of drug-likeness (QED) is 0.763. The molecule has 4 nitrogen and oxygen atoms in total. The minimum atomic E-state index is 0.290. The molecule has 0 saturated carbocycles. The van der Waals surface area contributed by atoms with Crippen LogP contribution in [-0.4, -0.2) is 5.16 Å². The van der Waals surface area contributed by atoms with Crippen molar-refractivity contribution in [1.82, 2.24) is 5.16 Å². The number of aromatic nitrogens is 1. The molecule has 2 rings (SSSR count). The number of anilines is 1. The van der Waals surface area contributed by atoms with Crippen LogP contribution < -0.4 is 5.73 Å². The van der Waals surface area contributed by atoms with Crippen LogP contribution in [0.1, 0.15) is 11.1 Å². The fourth-order valence-corrected chi connectivity index (χ4v) is 1.39. The molecular weight excluding hydrogens is 190 g/mol. The van der Waals surface area contributed by atoms with E-state index < -0.39 is 0 Å². The Morgan fingerprint density at radius 1 is 1.40 bits per heavy atom. The van der Waals surface area contributed by atoms with E-state index in [0.29, 0.717) is 11.3 Å². The molecule has 0 aliphatic rings. The standard InChI is InChI=1S/C11H9N3O/c1-7-10(14-15-11(7)13)9-5-3-2-4-8(9)6-12/h2-5H,13H2,1H3. The molecule has 1 aromatic carbocycles. The van der Waals surface area contributed by atoms with Gasteiger partial charge in [-0.25, -0.2) is 0 Å². The highest BCUT2D eigenvalue weighted by atomic mass is 16.5. The van der Waals surface area contributed by atoms with Crippen molar-refractivity contribution >= 4 is 5.88 Å². The molecule has 0 radical (unpaired) electrons. The second kappa shape index (κ2) is 3.46. The Bertz CT molecular complexity index is 537. The number of nitrogens with zero attached hydrogens (tertiary/aromatic N) is 2. The molecule has 0 aliphatic heterocycles. The van der Waals surface area contributed by atoms with Crippen molar-refractivity contribution < 1.29 is 4.52 Å². The summed E-state index contributed by atoms with van der Waals surface area (Å²) < 4.78 is 4.87. The highest BCUT2D eigenvalue weighted by molar-refractivity contribution is 5.72. The lowest BCUT2D eigenvalue weighted by molar-refractivity contribution is 0.439. The molecule has 0 atom stereocenters. The fourth-order valence-electron chi connectivity index (χ4n) is 1.39. The van der Waals surface area contributed by atoms with E-state index in [9.17, 15) is 0 Å². The van der Waals surface area contributed by atoms with Gasteiger partial charge in [0.1, 0.15) is 5.69 Å². The molecule has 74 valence electrons. The molecule has 0 saturated heterocycles. The molecule has 0 unspecified atom stereocenters. The van der Waals surface area contributed by atoms with Crippen LogP contribution in [0.3, 0.4) is 0 Å². The SMILES string of the molecule is Cc1c(-c2ccccc2C#N)noc1N. The van der Waals surface area contributed by atoms with Crippen LogP contribution in [0.15, 0.2) is 28.8 Å². The molecular formula is C11H9N3O. The van der Waals surface area contributed by atoms with Crippen LogP contribution in [0, 0.1) is 18.3 Å². The Hall–Kier alpha value is -2.28. The van der Waals surface area contributed by atoms with E-state index in [4.69, 9.17) is 15.5 Å². The average molecular weight is 199 g/mol. The van der Waals surface area contributed by atoms with E-state index >= 15 is 0 Å². The van der Waals surface area contributed by atoms with Crippen molar-refractivity contribution in [2.24, 2.45) is 0 Å². The minimum Gasteiger partial charge on any atom is -0.367 e. The van der Waals surface area contributed by atoms with Crippen LogP contribution in [0.4, 0.5) is 5.88 Å². The normalized spacial score (nSPS) is 9.87. The fraction of sp³-hybridized carbons (Fsp3) is 0.0909. The van der Waals surface area contributed by atoms with Gasteiger partial charge >= 0.3 is 0 Å². The van der Waals surface area contributed by atoms with Crippen molar-refractivity contribution in [3.05, 3.63) is 35.4 Å². The summed E-state index contributed by atoms with van der Waals surface area (Å²) in [5, 5.41) is 12.8. The molecule has 15 heavy (non-hydrogen) atoms. The lowest BCUT2D eigenvalue weighted by Gasteiger charge is -1.99. The maximum Gasteiger partial charge on any atom is 0.225 e. The Morgan fingerprint density at radius 2 is 2.13 bits per heavy atom. The van der Waals surface area contributed by atoms with Gasteiger partial charge < -0.3 is 10.3 Å². The minimum absolute atomic E-state index is 0.290. The number of benzene rings is 1. The van der Waals surface area contributed by atoms with Gasteiger partial charge in [0, 0.05) is 11.1 Å². The molecule has 2 N–H and O–H groups in total. The smallest absolute Gasteiger partial charge is 0.225 e. The van der Waals surface area contributed by atoms with Crippen molar-refractivity contribution in [1.29, 1.82) is 5.26 Å². The van der Waals surface area contributed by atoms with Gasteiger partial charge in [-0.15, -0.1) is 0 Å².